The number of anilines is 2. The Balaban J connectivity index is 1.44. The fourth-order valence-corrected chi connectivity index (χ4v) is 6.05. The number of nitrogens with one attached hydrogen (secondary N) is 1. The number of nitrogens with two attached hydrogens (primary N) is 1. The van der Waals surface area contributed by atoms with Gasteiger partial charge in [0.25, 0.3) is 0 Å². The molecule has 5 rings (SSSR count). The van der Waals surface area contributed by atoms with Crippen LogP contribution in [0.5, 0.6) is 0 Å². The third-order valence-corrected chi connectivity index (χ3v) is 8.40. The molecular weight excluding hydrogens is 518 g/mol. The van der Waals surface area contributed by atoms with Crippen LogP contribution in [0.2, 0.25) is 0 Å². The topological polar surface area (TPSA) is 119 Å². The number of nitrogens with zero attached hydrogens (tertiary/aromatic N) is 5. The second-order valence-electron chi connectivity index (χ2n) is 8.28. The van der Waals surface area contributed by atoms with E-state index in [2.05, 4.69) is 31.3 Å². The van der Waals surface area contributed by atoms with Gasteiger partial charge in [-0.1, -0.05) is 6.07 Å². The molecule has 1 saturated heterocycles. The number of halogens is 1. The second kappa shape index (κ2) is 9.32. The number of hydrogen-bond acceptors (Lipinski definition) is 7. The molecule has 1 aromatic carbocycles. The van der Waals surface area contributed by atoms with Crippen molar-refractivity contribution in [1.82, 2.24) is 23.9 Å². The Hall–Kier alpha value is -3.02. The molecule has 11 heteroatoms. The quantitative estimate of drug-likeness (QED) is 0.357. The van der Waals surface area contributed by atoms with Gasteiger partial charge in [-0.15, -0.1) is 0 Å². The molecule has 0 spiro atoms. The summed E-state index contributed by atoms with van der Waals surface area (Å²) in [5.74, 6) is 0.746. The van der Waals surface area contributed by atoms with Crippen LogP contribution in [0.1, 0.15) is 30.0 Å². The van der Waals surface area contributed by atoms with Crippen LogP contribution in [0.15, 0.2) is 70.4 Å². The number of nitrogen functional groups attached to an aromatic ring is 1. The van der Waals surface area contributed by atoms with Crippen LogP contribution in [-0.4, -0.2) is 45.4 Å². The van der Waals surface area contributed by atoms with Crippen molar-refractivity contribution >= 4 is 43.1 Å². The van der Waals surface area contributed by atoms with Crippen molar-refractivity contribution in [3.63, 3.8) is 0 Å². The molecule has 9 nitrogen and oxygen atoms in total. The van der Waals surface area contributed by atoms with Crippen molar-refractivity contribution in [2.24, 2.45) is 0 Å². The number of hydrogen-bond donors (Lipinski definition) is 2. The Labute approximate surface area is 206 Å². The summed E-state index contributed by atoms with van der Waals surface area (Å²) in [5.41, 5.74) is 8.83. The van der Waals surface area contributed by atoms with Crippen molar-refractivity contribution in [2.45, 2.75) is 30.2 Å². The fraction of sp³-hybridized carbons (Fsp3) is 0.261. The lowest BCUT2D eigenvalue weighted by atomic mass is 9.96. The van der Waals surface area contributed by atoms with E-state index >= 15 is 0 Å². The molecule has 34 heavy (non-hydrogen) atoms. The van der Waals surface area contributed by atoms with Crippen LogP contribution in [0, 0.1) is 0 Å². The molecule has 0 bridgehead atoms. The predicted molar refractivity (Wildman–Crippen MR) is 134 cm³/mol. The molecule has 4 heterocycles. The van der Waals surface area contributed by atoms with E-state index in [1.165, 1.54) is 0 Å². The molecule has 0 radical (unpaired) electrons. The van der Waals surface area contributed by atoms with E-state index in [4.69, 9.17) is 10.7 Å². The summed E-state index contributed by atoms with van der Waals surface area (Å²) in [5, 5.41) is 7.86. The summed E-state index contributed by atoms with van der Waals surface area (Å²) < 4.78 is 30.6. The lowest BCUT2D eigenvalue weighted by Crippen LogP contribution is -2.39. The van der Waals surface area contributed by atoms with Crippen LogP contribution < -0.4 is 11.1 Å². The lowest BCUT2D eigenvalue weighted by molar-refractivity contribution is 0.313. The van der Waals surface area contributed by atoms with Crippen molar-refractivity contribution in [3.8, 4) is 0 Å². The number of pyridine rings is 1. The number of piperidine rings is 1. The third-order valence-electron chi connectivity index (χ3n) is 5.97. The number of aromatic nitrogens is 4. The maximum absolute atomic E-state index is 13.3. The summed E-state index contributed by atoms with van der Waals surface area (Å²) in [6.07, 6.45) is 6.87. The Morgan fingerprint density at radius 1 is 1.18 bits per heavy atom. The zero-order chi connectivity index (χ0) is 23.7. The highest BCUT2D eigenvalue weighted by molar-refractivity contribution is 9.10. The first-order valence-corrected chi connectivity index (χ1v) is 13.2. The highest BCUT2D eigenvalue weighted by Crippen LogP contribution is 2.32. The van der Waals surface area contributed by atoms with Gasteiger partial charge >= 0.3 is 0 Å². The van der Waals surface area contributed by atoms with E-state index in [0.717, 1.165) is 34.4 Å². The fourth-order valence-electron chi connectivity index (χ4n) is 4.18. The summed E-state index contributed by atoms with van der Waals surface area (Å²) in [7, 11) is -3.62. The molecule has 4 aromatic rings. The van der Waals surface area contributed by atoms with Gasteiger partial charge in [0.2, 0.25) is 10.0 Å². The normalized spacial score (nSPS) is 17.1. The smallest absolute Gasteiger partial charge is 0.243 e. The van der Waals surface area contributed by atoms with Gasteiger partial charge in [-0.3, -0.25) is 4.98 Å². The maximum Gasteiger partial charge on any atom is 0.243 e. The zero-order valence-corrected chi connectivity index (χ0v) is 20.7. The van der Waals surface area contributed by atoms with Crippen molar-refractivity contribution in [2.75, 3.05) is 24.1 Å². The van der Waals surface area contributed by atoms with Gasteiger partial charge in [0.15, 0.2) is 5.65 Å². The molecule has 0 saturated carbocycles. The Morgan fingerprint density at radius 3 is 2.76 bits per heavy atom. The number of fused-ring (bicyclic) bond motifs is 1. The van der Waals surface area contributed by atoms with E-state index in [1.54, 1.807) is 45.5 Å². The summed E-state index contributed by atoms with van der Waals surface area (Å²) >= 11 is 3.54. The van der Waals surface area contributed by atoms with E-state index in [0.29, 0.717) is 31.0 Å². The van der Waals surface area contributed by atoms with Gasteiger partial charge in [0.05, 0.1) is 21.3 Å². The van der Waals surface area contributed by atoms with Crippen LogP contribution in [0.3, 0.4) is 0 Å². The first kappa shape index (κ1) is 22.8. The SMILES string of the molecule is Nc1ccc(S(=O)(=O)N2CCCC(c3cc(NCc4cccnc4)n4ncc(Br)c4n3)C2)cc1. The number of benzene rings is 1. The highest BCUT2D eigenvalue weighted by atomic mass is 79.9. The molecule has 1 atom stereocenters. The third kappa shape index (κ3) is 4.50. The number of rotatable bonds is 6. The average molecular weight is 542 g/mol. The lowest BCUT2D eigenvalue weighted by Gasteiger charge is -2.32. The maximum atomic E-state index is 13.3. The van der Waals surface area contributed by atoms with Gasteiger partial charge in [-0.2, -0.15) is 13.9 Å². The molecule has 3 N–H and O–H groups in total. The predicted octanol–water partition coefficient (Wildman–Crippen LogP) is 3.65. The molecule has 0 aliphatic carbocycles. The highest BCUT2D eigenvalue weighted by Gasteiger charge is 2.32. The standard InChI is InChI=1S/C23H24BrN7O2S/c24-20-14-28-31-22(27-13-16-3-1-9-26-12-16)11-21(29-23(20)31)17-4-2-10-30(15-17)34(32,33)19-7-5-18(25)6-8-19/h1,3,5-9,11-12,14,17,27H,2,4,10,13,15,25H2. The van der Waals surface area contributed by atoms with Crippen LogP contribution >= 0.6 is 15.9 Å². The Kier molecular flexibility index (Phi) is 6.24. The van der Waals surface area contributed by atoms with Crippen LogP contribution in [-0.2, 0) is 16.6 Å². The molecule has 3 aromatic heterocycles. The van der Waals surface area contributed by atoms with Crippen molar-refractivity contribution < 1.29 is 8.42 Å². The minimum atomic E-state index is -3.62. The minimum Gasteiger partial charge on any atom is -0.399 e. The first-order chi connectivity index (χ1) is 16.4. The van der Waals surface area contributed by atoms with Gasteiger partial charge in [-0.05, 0) is 64.7 Å². The number of sulfonamides is 1. The van der Waals surface area contributed by atoms with Gasteiger partial charge in [0, 0.05) is 49.7 Å². The zero-order valence-electron chi connectivity index (χ0n) is 18.3. The molecule has 1 aliphatic heterocycles. The molecule has 0 amide bonds. The van der Waals surface area contributed by atoms with E-state index < -0.39 is 10.0 Å². The molecular formula is C23H24BrN7O2S. The summed E-state index contributed by atoms with van der Waals surface area (Å²) in [6.45, 7) is 1.42. The van der Waals surface area contributed by atoms with Crippen molar-refractivity contribution in [1.29, 1.82) is 0 Å². The van der Waals surface area contributed by atoms with Crippen LogP contribution in [0.25, 0.3) is 5.65 Å². The Morgan fingerprint density at radius 2 is 2.00 bits per heavy atom. The van der Waals surface area contributed by atoms with E-state index in [1.807, 2.05) is 24.4 Å². The summed E-state index contributed by atoms with van der Waals surface area (Å²) in [4.78, 5) is 9.25. The largest absolute Gasteiger partial charge is 0.399 e. The second-order valence-corrected chi connectivity index (χ2v) is 11.1. The van der Waals surface area contributed by atoms with Crippen LogP contribution in [0.4, 0.5) is 11.5 Å². The molecule has 1 unspecified atom stereocenters. The molecule has 176 valence electrons. The first-order valence-electron chi connectivity index (χ1n) is 10.9. The minimum absolute atomic E-state index is 0.0388. The van der Waals surface area contributed by atoms with Gasteiger partial charge < -0.3 is 11.1 Å². The molecule has 1 fully saturated rings. The van der Waals surface area contributed by atoms with Gasteiger partial charge in [0.1, 0.15) is 5.82 Å². The monoisotopic (exact) mass is 541 g/mol. The van der Waals surface area contributed by atoms with E-state index in [9.17, 15) is 8.42 Å². The summed E-state index contributed by atoms with van der Waals surface area (Å²) in [6, 6.07) is 12.2. The van der Waals surface area contributed by atoms with Gasteiger partial charge in [-0.25, -0.2) is 13.4 Å². The Bertz CT molecular complexity index is 1410. The van der Waals surface area contributed by atoms with E-state index in [-0.39, 0.29) is 10.8 Å². The molecule has 1 aliphatic rings. The average Bonchev–Trinajstić information content (AvgIpc) is 3.24. The van der Waals surface area contributed by atoms with Crippen molar-refractivity contribution in [3.05, 3.63) is 76.8 Å².